The van der Waals surface area contributed by atoms with E-state index in [1.54, 1.807) is 0 Å². The smallest absolute Gasteiger partial charge is 0.0706 e. The monoisotopic (exact) mass is 287 g/mol. The van der Waals surface area contributed by atoms with Crippen molar-refractivity contribution in [2.75, 3.05) is 11.9 Å². The first-order valence-corrected chi connectivity index (χ1v) is 7.53. The normalized spacial score (nSPS) is 16.9. The largest absolute Gasteiger partial charge is 0.384 e. The lowest BCUT2D eigenvalue weighted by Gasteiger charge is -2.08. The third-order valence-electron chi connectivity index (χ3n) is 4.15. The van der Waals surface area contributed by atoms with Gasteiger partial charge in [-0.25, -0.2) is 0 Å². The van der Waals surface area contributed by atoms with Crippen molar-refractivity contribution in [3.63, 3.8) is 0 Å². The molecule has 2 heterocycles. The van der Waals surface area contributed by atoms with Gasteiger partial charge >= 0.3 is 0 Å². The molecule has 0 amide bonds. The molecule has 108 valence electrons. The molecule has 0 saturated heterocycles. The molecule has 0 fully saturated rings. The molecule has 3 heteroatoms. The molecule has 1 atom stereocenters. The average molecular weight is 287 g/mol. The van der Waals surface area contributed by atoms with E-state index in [9.17, 15) is 0 Å². The maximum Gasteiger partial charge on any atom is 0.0706 e. The Labute approximate surface area is 129 Å². The number of anilines is 1. The number of aliphatic imine (C=N–C) groups is 1. The second-order valence-corrected chi connectivity index (χ2v) is 5.70. The summed E-state index contributed by atoms with van der Waals surface area (Å²) < 4.78 is 0. The quantitative estimate of drug-likeness (QED) is 0.707. The van der Waals surface area contributed by atoms with Gasteiger partial charge in [0.1, 0.15) is 0 Å². The summed E-state index contributed by atoms with van der Waals surface area (Å²) >= 11 is 0. The number of hydrogen-bond acceptors (Lipinski definition) is 3. The van der Waals surface area contributed by atoms with Crippen molar-refractivity contribution in [3.05, 3.63) is 65.9 Å². The van der Waals surface area contributed by atoms with Crippen LogP contribution in [0, 0.1) is 6.92 Å². The molecule has 1 aliphatic rings. The minimum atomic E-state index is 0.282. The molecule has 2 aromatic carbocycles. The SMILES string of the molecule is Cc1ccc(N=CC2CNc3ccc4ncccc4c32)cc1. The van der Waals surface area contributed by atoms with Crippen molar-refractivity contribution in [1.29, 1.82) is 0 Å². The van der Waals surface area contributed by atoms with Gasteiger partial charge in [-0.3, -0.25) is 9.98 Å². The lowest BCUT2D eigenvalue weighted by atomic mass is 9.97. The summed E-state index contributed by atoms with van der Waals surface area (Å²) in [5.74, 6) is 0.282. The molecule has 3 nitrogen and oxygen atoms in total. The van der Waals surface area contributed by atoms with Gasteiger partial charge in [-0.2, -0.15) is 0 Å². The second-order valence-electron chi connectivity index (χ2n) is 5.70. The Bertz CT molecular complexity index is 850. The third-order valence-corrected chi connectivity index (χ3v) is 4.15. The van der Waals surface area contributed by atoms with E-state index in [-0.39, 0.29) is 5.92 Å². The first-order valence-electron chi connectivity index (χ1n) is 7.53. The molecule has 4 rings (SSSR count). The number of nitrogens with one attached hydrogen (secondary N) is 1. The fraction of sp³-hybridized carbons (Fsp3) is 0.158. The number of pyridine rings is 1. The summed E-state index contributed by atoms with van der Waals surface area (Å²) in [5, 5.41) is 4.68. The zero-order valence-corrected chi connectivity index (χ0v) is 12.5. The predicted octanol–water partition coefficient (Wildman–Crippen LogP) is 4.45. The van der Waals surface area contributed by atoms with E-state index in [1.807, 2.05) is 12.3 Å². The topological polar surface area (TPSA) is 37.3 Å². The van der Waals surface area contributed by atoms with E-state index >= 15 is 0 Å². The summed E-state index contributed by atoms with van der Waals surface area (Å²) in [4.78, 5) is 9.10. The van der Waals surface area contributed by atoms with Crippen molar-refractivity contribution in [2.45, 2.75) is 12.8 Å². The molecule has 1 unspecified atom stereocenters. The highest BCUT2D eigenvalue weighted by Gasteiger charge is 2.23. The maximum absolute atomic E-state index is 4.65. The zero-order valence-electron chi connectivity index (χ0n) is 12.5. The first-order chi connectivity index (χ1) is 10.8. The average Bonchev–Trinajstić information content (AvgIpc) is 2.98. The fourth-order valence-corrected chi connectivity index (χ4v) is 2.98. The van der Waals surface area contributed by atoms with Gasteiger partial charge in [0.15, 0.2) is 0 Å². The maximum atomic E-state index is 4.65. The molecule has 0 spiro atoms. The Kier molecular flexibility index (Phi) is 3.11. The minimum Gasteiger partial charge on any atom is -0.384 e. The molecule has 0 aliphatic carbocycles. The number of aryl methyl sites for hydroxylation is 1. The van der Waals surface area contributed by atoms with Gasteiger partial charge in [-0.15, -0.1) is 0 Å². The summed E-state index contributed by atoms with van der Waals surface area (Å²) in [6.45, 7) is 2.97. The Hall–Kier alpha value is -2.68. The standard InChI is InChI=1S/C19H17N3/c1-13-4-6-15(7-5-13)21-11-14-12-22-18-9-8-17-16(19(14)18)3-2-10-20-17/h2-11,14,22H,12H2,1H3. The summed E-state index contributed by atoms with van der Waals surface area (Å²) in [6.07, 6.45) is 3.89. The van der Waals surface area contributed by atoms with Crippen LogP contribution >= 0.6 is 0 Å². The van der Waals surface area contributed by atoms with Crippen LogP contribution in [0.3, 0.4) is 0 Å². The predicted molar refractivity (Wildman–Crippen MR) is 92.3 cm³/mol. The van der Waals surface area contributed by atoms with Crippen LogP contribution in [0.15, 0.2) is 59.7 Å². The van der Waals surface area contributed by atoms with E-state index in [0.29, 0.717) is 0 Å². The number of benzene rings is 2. The Balaban J connectivity index is 1.72. The summed E-state index contributed by atoms with van der Waals surface area (Å²) in [7, 11) is 0. The third kappa shape index (κ3) is 2.25. The Morgan fingerprint density at radius 1 is 1.14 bits per heavy atom. The minimum absolute atomic E-state index is 0.282. The van der Waals surface area contributed by atoms with Crippen LogP contribution in [0.2, 0.25) is 0 Å². The van der Waals surface area contributed by atoms with Crippen LogP contribution in [0.4, 0.5) is 11.4 Å². The fourth-order valence-electron chi connectivity index (χ4n) is 2.98. The highest BCUT2D eigenvalue weighted by molar-refractivity contribution is 5.94. The van der Waals surface area contributed by atoms with Crippen LogP contribution in [0.25, 0.3) is 10.9 Å². The van der Waals surface area contributed by atoms with Gasteiger partial charge < -0.3 is 5.32 Å². The van der Waals surface area contributed by atoms with E-state index in [1.165, 1.54) is 22.2 Å². The van der Waals surface area contributed by atoms with E-state index in [2.05, 4.69) is 70.9 Å². The molecular weight excluding hydrogens is 270 g/mol. The summed E-state index contributed by atoms with van der Waals surface area (Å²) in [6, 6.07) is 16.6. The van der Waals surface area contributed by atoms with Crippen molar-refractivity contribution in [2.24, 2.45) is 4.99 Å². The van der Waals surface area contributed by atoms with Crippen molar-refractivity contribution >= 4 is 28.5 Å². The van der Waals surface area contributed by atoms with Gasteiger partial charge in [0.25, 0.3) is 0 Å². The Morgan fingerprint density at radius 3 is 2.86 bits per heavy atom. The van der Waals surface area contributed by atoms with Crippen LogP contribution in [-0.4, -0.2) is 17.7 Å². The van der Waals surface area contributed by atoms with Gasteiger partial charge in [0, 0.05) is 35.9 Å². The molecule has 0 radical (unpaired) electrons. The lowest BCUT2D eigenvalue weighted by Crippen LogP contribution is -2.03. The lowest BCUT2D eigenvalue weighted by molar-refractivity contribution is 1.03. The Morgan fingerprint density at radius 2 is 2.00 bits per heavy atom. The number of nitrogens with zero attached hydrogens (tertiary/aromatic N) is 2. The van der Waals surface area contributed by atoms with Crippen LogP contribution < -0.4 is 5.32 Å². The number of aromatic nitrogens is 1. The van der Waals surface area contributed by atoms with Gasteiger partial charge in [0.2, 0.25) is 0 Å². The van der Waals surface area contributed by atoms with Crippen LogP contribution in [0.5, 0.6) is 0 Å². The molecule has 1 aliphatic heterocycles. The van der Waals surface area contributed by atoms with Crippen molar-refractivity contribution < 1.29 is 0 Å². The number of fused-ring (bicyclic) bond motifs is 3. The molecule has 1 aromatic heterocycles. The number of hydrogen-bond donors (Lipinski definition) is 1. The highest BCUT2D eigenvalue weighted by Crippen LogP contribution is 2.36. The van der Waals surface area contributed by atoms with Gasteiger partial charge in [0.05, 0.1) is 11.2 Å². The highest BCUT2D eigenvalue weighted by atomic mass is 14.9. The zero-order chi connectivity index (χ0) is 14.9. The second kappa shape index (κ2) is 5.26. The van der Waals surface area contributed by atoms with Crippen LogP contribution in [0.1, 0.15) is 17.0 Å². The van der Waals surface area contributed by atoms with Crippen molar-refractivity contribution in [1.82, 2.24) is 4.98 Å². The van der Waals surface area contributed by atoms with Crippen LogP contribution in [-0.2, 0) is 0 Å². The number of rotatable bonds is 2. The molecule has 3 aromatic rings. The molecule has 22 heavy (non-hydrogen) atoms. The molecule has 0 bridgehead atoms. The van der Waals surface area contributed by atoms with Gasteiger partial charge in [-0.05, 0) is 42.8 Å². The van der Waals surface area contributed by atoms with Crippen molar-refractivity contribution in [3.8, 4) is 0 Å². The van der Waals surface area contributed by atoms with E-state index in [4.69, 9.17) is 0 Å². The van der Waals surface area contributed by atoms with E-state index < -0.39 is 0 Å². The van der Waals surface area contributed by atoms with Gasteiger partial charge in [-0.1, -0.05) is 23.8 Å². The molecular formula is C19H17N3. The molecule has 0 saturated carbocycles. The first kappa shape index (κ1) is 13.0. The van der Waals surface area contributed by atoms with E-state index in [0.717, 1.165) is 17.7 Å². The summed E-state index contributed by atoms with van der Waals surface area (Å²) in [5.41, 5.74) is 5.79. The molecule has 1 N–H and O–H groups in total.